The summed E-state index contributed by atoms with van der Waals surface area (Å²) < 4.78 is 5.15. The number of hydrogen-bond acceptors (Lipinski definition) is 3. The molecule has 1 unspecified atom stereocenters. The molecule has 0 radical (unpaired) electrons. The van der Waals surface area contributed by atoms with Gasteiger partial charge in [0.15, 0.2) is 0 Å². The van der Waals surface area contributed by atoms with E-state index in [1.165, 1.54) is 5.56 Å². The molecule has 0 bridgehead atoms. The van der Waals surface area contributed by atoms with Gasteiger partial charge in [-0.25, -0.2) is 0 Å². The summed E-state index contributed by atoms with van der Waals surface area (Å²) in [5, 5.41) is 13.0. The highest BCUT2D eigenvalue weighted by atomic mass is 16.5. The molecule has 3 heteroatoms. The van der Waals surface area contributed by atoms with Gasteiger partial charge in [-0.2, -0.15) is 0 Å². The van der Waals surface area contributed by atoms with E-state index in [0.717, 1.165) is 24.2 Å². The maximum atomic E-state index is 9.64. The van der Waals surface area contributed by atoms with Gasteiger partial charge in [0, 0.05) is 20.2 Å². The Morgan fingerprint density at radius 1 is 1.31 bits per heavy atom. The topological polar surface area (TPSA) is 41.5 Å². The van der Waals surface area contributed by atoms with Gasteiger partial charge < -0.3 is 15.2 Å². The van der Waals surface area contributed by atoms with Gasteiger partial charge in [0.05, 0.1) is 6.10 Å². The Morgan fingerprint density at radius 3 is 2.38 bits per heavy atom. The maximum absolute atomic E-state index is 9.64. The fraction of sp³-hybridized carbons (Fsp3) is 0.538. The molecule has 3 nitrogen and oxygen atoms in total. The minimum Gasteiger partial charge on any atom is -0.507 e. The van der Waals surface area contributed by atoms with Crippen molar-refractivity contribution in [3.8, 4) is 5.75 Å². The Hall–Kier alpha value is -1.06. The standard InChI is InChI=1S/C13H21NO2/c1-9-5-12(6-10(2)13(9)15)8-14-7-11(3)16-4/h5-6,11,14-15H,7-8H2,1-4H3. The minimum absolute atomic E-state index is 0.222. The number of aromatic hydroxyl groups is 1. The molecule has 0 aliphatic rings. The van der Waals surface area contributed by atoms with Crippen LogP contribution in [0.3, 0.4) is 0 Å². The number of rotatable bonds is 5. The first kappa shape index (κ1) is 13.0. The fourth-order valence-corrected chi connectivity index (χ4v) is 1.65. The fourth-order valence-electron chi connectivity index (χ4n) is 1.65. The van der Waals surface area contributed by atoms with Crippen molar-refractivity contribution in [3.63, 3.8) is 0 Å². The molecule has 90 valence electrons. The van der Waals surface area contributed by atoms with Gasteiger partial charge >= 0.3 is 0 Å². The van der Waals surface area contributed by atoms with Gasteiger partial charge in [-0.1, -0.05) is 12.1 Å². The Labute approximate surface area is 97.4 Å². The monoisotopic (exact) mass is 223 g/mol. The maximum Gasteiger partial charge on any atom is 0.121 e. The molecule has 0 aliphatic carbocycles. The highest BCUT2D eigenvalue weighted by Gasteiger charge is 2.04. The number of hydrogen-bond donors (Lipinski definition) is 2. The van der Waals surface area contributed by atoms with E-state index >= 15 is 0 Å². The molecule has 0 saturated heterocycles. The lowest BCUT2D eigenvalue weighted by molar-refractivity contribution is 0.117. The second kappa shape index (κ2) is 5.87. The third kappa shape index (κ3) is 3.51. The molecule has 16 heavy (non-hydrogen) atoms. The van der Waals surface area contributed by atoms with E-state index < -0.39 is 0 Å². The lowest BCUT2D eigenvalue weighted by atomic mass is 10.1. The van der Waals surface area contributed by atoms with Crippen molar-refractivity contribution in [2.24, 2.45) is 0 Å². The summed E-state index contributed by atoms with van der Waals surface area (Å²) in [6, 6.07) is 4.01. The molecule has 0 aliphatic heterocycles. The van der Waals surface area contributed by atoms with Crippen molar-refractivity contribution < 1.29 is 9.84 Å². The van der Waals surface area contributed by atoms with Crippen LogP contribution in [0, 0.1) is 13.8 Å². The Morgan fingerprint density at radius 2 is 1.88 bits per heavy atom. The summed E-state index contributed by atoms with van der Waals surface area (Å²) in [4.78, 5) is 0. The van der Waals surface area contributed by atoms with Crippen molar-refractivity contribution in [2.75, 3.05) is 13.7 Å². The van der Waals surface area contributed by atoms with Crippen LogP contribution >= 0.6 is 0 Å². The summed E-state index contributed by atoms with van der Waals surface area (Å²) in [5.74, 6) is 0.397. The van der Waals surface area contributed by atoms with Gasteiger partial charge in [-0.3, -0.25) is 0 Å². The summed E-state index contributed by atoms with van der Waals surface area (Å²) in [6.07, 6.45) is 0.222. The van der Waals surface area contributed by atoms with Crippen molar-refractivity contribution >= 4 is 0 Å². The van der Waals surface area contributed by atoms with Crippen molar-refractivity contribution in [1.29, 1.82) is 0 Å². The van der Waals surface area contributed by atoms with Crippen LogP contribution in [0.15, 0.2) is 12.1 Å². The predicted octanol–water partition coefficient (Wildman–Crippen LogP) is 2.13. The first-order valence-electron chi connectivity index (χ1n) is 5.57. The van der Waals surface area contributed by atoms with Gasteiger partial charge in [-0.05, 0) is 37.5 Å². The van der Waals surface area contributed by atoms with Gasteiger partial charge in [0.1, 0.15) is 5.75 Å². The zero-order chi connectivity index (χ0) is 12.1. The molecule has 1 aromatic rings. The van der Waals surface area contributed by atoms with E-state index in [1.54, 1.807) is 7.11 Å². The molecule has 0 amide bonds. The highest BCUT2D eigenvalue weighted by Crippen LogP contribution is 2.22. The number of methoxy groups -OCH3 is 1. The summed E-state index contributed by atoms with van der Waals surface area (Å²) in [5.41, 5.74) is 3.05. The molecule has 0 spiro atoms. The lowest BCUT2D eigenvalue weighted by Gasteiger charge is -2.12. The summed E-state index contributed by atoms with van der Waals surface area (Å²) in [7, 11) is 1.71. The van der Waals surface area contributed by atoms with Crippen molar-refractivity contribution in [1.82, 2.24) is 5.32 Å². The highest BCUT2D eigenvalue weighted by molar-refractivity contribution is 5.42. The number of nitrogens with one attached hydrogen (secondary N) is 1. The van der Waals surface area contributed by atoms with Crippen molar-refractivity contribution in [2.45, 2.75) is 33.4 Å². The first-order valence-corrected chi connectivity index (χ1v) is 5.57. The van der Waals surface area contributed by atoms with Crippen LogP contribution in [0.5, 0.6) is 5.75 Å². The van der Waals surface area contributed by atoms with E-state index in [4.69, 9.17) is 4.74 Å². The molecule has 0 fully saturated rings. The van der Waals surface area contributed by atoms with Crippen LogP contribution in [-0.2, 0) is 11.3 Å². The largest absolute Gasteiger partial charge is 0.507 e. The average Bonchev–Trinajstić information content (AvgIpc) is 2.25. The zero-order valence-corrected chi connectivity index (χ0v) is 10.5. The molecular formula is C13H21NO2. The van der Waals surface area contributed by atoms with E-state index in [2.05, 4.69) is 5.32 Å². The Balaban J connectivity index is 2.55. The second-order valence-corrected chi connectivity index (χ2v) is 4.26. The quantitative estimate of drug-likeness (QED) is 0.803. The zero-order valence-electron chi connectivity index (χ0n) is 10.5. The number of benzene rings is 1. The summed E-state index contributed by atoms with van der Waals surface area (Å²) >= 11 is 0. The van der Waals surface area contributed by atoms with Crippen LogP contribution in [0.25, 0.3) is 0 Å². The molecule has 1 rings (SSSR count). The van der Waals surface area contributed by atoms with Gasteiger partial charge in [0.2, 0.25) is 0 Å². The molecule has 1 atom stereocenters. The van der Waals surface area contributed by atoms with Crippen LogP contribution in [0.1, 0.15) is 23.6 Å². The van der Waals surface area contributed by atoms with Crippen LogP contribution in [0.4, 0.5) is 0 Å². The van der Waals surface area contributed by atoms with Crippen LogP contribution < -0.4 is 5.32 Å². The lowest BCUT2D eigenvalue weighted by Crippen LogP contribution is -2.25. The molecule has 1 aromatic carbocycles. The second-order valence-electron chi connectivity index (χ2n) is 4.26. The summed E-state index contributed by atoms with van der Waals surface area (Å²) in [6.45, 7) is 7.50. The van der Waals surface area contributed by atoms with E-state index in [-0.39, 0.29) is 6.10 Å². The molecular weight excluding hydrogens is 202 g/mol. The minimum atomic E-state index is 0.222. The first-order chi connectivity index (χ1) is 7.54. The predicted molar refractivity (Wildman–Crippen MR) is 65.8 cm³/mol. The third-order valence-electron chi connectivity index (χ3n) is 2.71. The number of phenols is 1. The van der Waals surface area contributed by atoms with E-state index in [1.807, 2.05) is 32.9 Å². The third-order valence-corrected chi connectivity index (χ3v) is 2.71. The van der Waals surface area contributed by atoms with Gasteiger partial charge in [-0.15, -0.1) is 0 Å². The molecule has 0 saturated carbocycles. The number of ether oxygens (including phenoxy) is 1. The Bertz CT molecular complexity index is 327. The number of phenolic OH excluding ortho intramolecular Hbond substituents is 1. The molecule has 0 heterocycles. The van der Waals surface area contributed by atoms with E-state index in [0.29, 0.717) is 5.75 Å². The van der Waals surface area contributed by atoms with Crippen LogP contribution in [-0.4, -0.2) is 24.9 Å². The number of aryl methyl sites for hydroxylation is 2. The van der Waals surface area contributed by atoms with E-state index in [9.17, 15) is 5.11 Å². The smallest absolute Gasteiger partial charge is 0.121 e. The SMILES string of the molecule is COC(C)CNCc1cc(C)c(O)c(C)c1. The van der Waals surface area contributed by atoms with Gasteiger partial charge in [0.25, 0.3) is 0 Å². The van der Waals surface area contributed by atoms with Crippen molar-refractivity contribution in [3.05, 3.63) is 28.8 Å². The normalized spacial score (nSPS) is 12.8. The molecule has 2 N–H and O–H groups in total. The Kier molecular flexibility index (Phi) is 4.77. The van der Waals surface area contributed by atoms with Crippen LogP contribution in [0.2, 0.25) is 0 Å². The average molecular weight is 223 g/mol. The molecule has 0 aromatic heterocycles.